The molecule has 3 rings (SSSR count). The lowest BCUT2D eigenvalue weighted by Gasteiger charge is -2.19. The second-order valence-electron chi connectivity index (χ2n) is 5.08. The van der Waals surface area contributed by atoms with Gasteiger partial charge in [-0.05, 0) is 24.7 Å². The molecule has 2 unspecified atom stereocenters. The zero-order chi connectivity index (χ0) is 10.5. The first kappa shape index (κ1) is 9.17. The third-order valence-corrected chi connectivity index (χ3v) is 4.05. The highest BCUT2D eigenvalue weighted by Gasteiger charge is 2.54. The SMILES string of the molecule is N#CC1(C(=O)N2CC3CNCC3C2)CC1. The van der Waals surface area contributed by atoms with E-state index in [0.717, 1.165) is 39.0 Å². The first-order valence-electron chi connectivity index (χ1n) is 5.66. The molecule has 0 aromatic carbocycles. The third-order valence-electron chi connectivity index (χ3n) is 4.05. The van der Waals surface area contributed by atoms with Crippen LogP contribution in [-0.4, -0.2) is 37.0 Å². The second kappa shape index (κ2) is 2.96. The van der Waals surface area contributed by atoms with Gasteiger partial charge in [0.2, 0.25) is 5.91 Å². The van der Waals surface area contributed by atoms with Gasteiger partial charge in [0.1, 0.15) is 5.41 Å². The summed E-state index contributed by atoms with van der Waals surface area (Å²) in [5, 5.41) is 12.3. The van der Waals surface area contributed by atoms with Gasteiger partial charge in [-0.2, -0.15) is 5.26 Å². The quantitative estimate of drug-likeness (QED) is 0.654. The van der Waals surface area contributed by atoms with E-state index in [1.807, 2.05) is 4.90 Å². The molecular weight excluding hydrogens is 190 g/mol. The number of hydrogen-bond acceptors (Lipinski definition) is 3. The Morgan fingerprint density at radius 2 is 1.93 bits per heavy atom. The normalized spacial score (nSPS) is 36.1. The summed E-state index contributed by atoms with van der Waals surface area (Å²) < 4.78 is 0. The zero-order valence-corrected chi connectivity index (χ0v) is 8.70. The van der Waals surface area contributed by atoms with Crippen LogP contribution in [0.2, 0.25) is 0 Å². The van der Waals surface area contributed by atoms with Crippen molar-refractivity contribution < 1.29 is 4.79 Å². The van der Waals surface area contributed by atoms with E-state index in [-0.39, 0.29) is 5.91 Å². The van der Waals surface area contributed by atoms with Crippen LogP contribution in [0.15, 0.2) is 0 Å². The number of rotatable bonds is 1. The van der Waals surface area contributed by atoms with Crippen LogP contribution in [0.5, 0.6) is 0 Å². The number of amides is 1. The minimum atomic E-state index is -0.619. The first-order chi connectivity index (χ1) is 7.25. The summed E-state index contributed by atoms with van der Waals surface area (Å²) in [7, 11) is 0. The Morgan fingerprint density at radius 3 is 2.40 bits per heavy atom. The lowest BCUT2D eigenvalue weighted by molar-refractivity contribution is -0.134. The fourth-order valence-corrected chi connectivity index (χ4v) is 2.82. The monoisotopic (exact) mass is 205 g/mol. The smallest absolute Gasteiger partial charge is 0.243 e. The summed E-state index contributed by atoms with van der Waals surface area (Å²) in [6.07, 6.45) is 1.54. The Morgan fingerprint density at radius 1 is 1.33 bits per heavy atom. The van der Waals surface area contributed by atoms with Crippen molar-refractivity contribution in [2.75, 3.05) is 26.2 Å². The number of carbonyl (C=O) groups is 1. The summed E-state index contributed by atoms with van der Waals surface area (Å²) in [5.41, 5.74) is -0.619. The molecule has 2 saturated heterocycles. The van der Waals surface area contributed by atoms with E-state index in [0.29, 0.717) is 11.8 Å². The largest absolute Gasteiger partial charge is 0.341 e. The van der Waals surface area contributed by atoms with E-state index in [2.05, 4.69) is 11.4 Å². The molecule has 3 fully saturated rings. The molecule has 0 aromatic rings. The molecular formula is C11H15N3O. The van der Waals surface area contributed by atoms with Gasteiger partial charge in [-0.1, -0.05) is 0 Å². The molecule has 1 saturated carbocycles. The highest BCUT2D eigenvalue weighted by Crippen LogP contribution is 2.47. The lowest BCUT2D eigenvalue weighted by atomic mass is 10.0. The maximum atomic E-state index is 12.1. The fraction of sp³-hybridized carbons (Fsp3) is 0.818. The molecule has 4 heteroatoms. The molecule has 2 aliphatic heterocycles. The topological polar surface area (TPSA) is 56.1 Å². The highest BCUT2D eigenvalue weighted by atomic mass is 16.2. The van der Waals surface area contributed by atoms with Crippen LogP contribution < -0.4 is 5.32 Å². The molecule has 0 radical (unpaired) electrons. The Balaban J connectivity index is 1.70. The van der Waals surface area contributed by atoms with E-state index < -0.39 is 5.41 Å². The van der Waals surface area contributed by atoms with Crippen LogP contribution in [-0.2, 0) is 4.79 Å². The van der Waals surface area contributed by atoms with E-state index in [4.69, 9.17) is 5.26 Å². The zero-order valence-electron chi connectivity index (χ0n) is 8.70. The minimum absolute atomic E-state index is 0.0967. The number of likely N-dealkylation sites (tertiary alicyclic amines) is 1. The van der Waals surface area contributed by atoms with Crippen molar-refractivity contribution in [1.82, 2.24) is 10.2 Å². The molecule has 1 N–H and O–H groups in total. The van der Waals surface area contributed by atoms with Gasteiger partial charge < -0.3 is 10.2 Å². The van der Waals surface area contributed by atoms with Crippen molar-refractivity contribution in [1.29, 1.82) is 5.26 Å². The third kappa shape index (κ3) is 1.26. The summed E-state index contributed by atoms with van der Waals surface area (Å²) in [6, 6.07) is 2.19. The summed E-state index contributed by atoms with van der Waals surface area (Å²) in [6.45, 7) is 3.79. The average Bonchev–Trinajstić information content (AvgIpc) is 2.74. The highest BCUT2D eigenvalue weighted by molar-refractivity contribution is 5.88. The maximum Gasteiger partial charge on any atom is 0.243 e. The fourth-order valence-electron chi connectivity index (χ4n) is 2.82. The number of fused-ring (bicyclic) bond motifs is 1. The van der Waals surface area contributed by atoms with Crippen molar-refractivity contribution in [3.63, 3.8) is 0 Å². The van der Waals surface area contributed by atoms with E-state index in [9.17, 15) is 4.79 Å². The van der Waals surface area contributed by atoms with Gasteiger partial charge in [0, 0.05) is 26.2 Å². The van der Waals surface area contributed by atoms with E-state index in [1.165, 1.54) is 0 Å². The van der Waals surface area contributed by atoms with Crippen molar-refractivity contribution in [2.45, 2.75) is 12.8 Å². The maximum absolute atomic E-state index is 12.1. The number of nitrogens with one attached hydrogen (secondary N) is 1. The first-order valence-corrected chi connectivity index (χ1v) is 5.66. The lowest BCUT2D eigenvalue weighted by Crippen LogP contribution is -2.37. The van der Waals surface area contributed by atoms with Crippen molar-refractivity contribution in [3.8, 4) is 6.07 Å². The Bertz CT molecular complexity index is 330. The molecule has 0 aromatic heterocycles. The molecule has 1 amide bonds. The minimum Gasteiger partial charge on any atom is -0.341 e. The molecule has 80 valence electrons. The van der Waals surface area contributed by atoms with Crippen molar-refractivity contribution in [2.24, 2.45) is 17.3 Å². The van der Waals surface area contributed by atoms with Gasteiger partial charge in [0.15, 0.2) is 0 Å². The Labute approximate surface area is 89.2 Å². The molecule has 4 nitrogen and oxygen atoms in total. The molecule has 2 heterocycles. The van der Waals surface area contributed by atoms with Gasteiger partial charge in [-0.3, -0.25) is 4.79 Å². The van der Waals surface area contributed by atoms with Gasteiger partial charge in [0.25, 0.3) is 0 Å². The van der Waals surface area contributed by atoms with Crippen LogP contribution in [0, 0.1) is 28.6 Å². The van der Waals surface area contributed by atoms with E-state index >= 15 is 0 Å². The summed E-state index contributed by atoms with van der Waals surface area (Å²) in [5.74, 6) is 1.35. The van der Waals surface area contributed by atoms with Crippen LogP contribution in [0.3, 0.4) is 0 Å². The Hall–Kier alpha value is -1.08. The molecule has 15 heavy (non-hydrogen) atoms. The van der Waals surface area contributed by atoms with Gasteiger partial charge >= 0.3 is 0 Å². The molecule has 1 aliphatic carbocycles. The second-order valence-corrected chi connectivity index (χ2v) is 5.08. The van der Waals surface area contributed by atoms with Crippen molar-refractivity contribution in [3.05, 3.63) is 0 Å². The number of carbonyl (C=O) groups excluding carboxylic acids is 1. The average molecular weight is 205 g/mol. The molecule has 3 aliphatic rings. The Kier molecular flexibility index (Phi) is 1.81. The van der Waals surface area contributed by atoms with Gasteiger partial charge in [-0.25, -0.2) is 0 Å². The number of nitriles is 1. The number of nitrogens with zero attached hydrogens (tertiary/aromatic N) is 2. The molecule has 0 spiro atoms. The van der Waals surface area contributed by atoms with Gasteiger partial charge in [0.05, 0.1) is 6.07 Å². The number of hydrogen-bond donors (Lipinski definition) is 1. The van der Waals surface area contributed by atoms with Gasteiger partial charge in [-0.15, -0.1) is 0 Å². The van der Waals surface area contributed by atoms with Crippen LogP contribution in [0.25, 0.3) is 0 Å². The predicted octanol–water partition coefficient (Wildman–Crippen LogP) is -0.0320. The predicted molar refractivity (Wildman–Crippen MR) is 53.7 cm³/mol. The standard InChI is InChI=1S/C11H15N3O/c12-7-11(1-2-11)10(15)14-5-8-3-13-4-9(8)6-14/h8-9,13H,1-6H2. The van der Waals surface area contributed by atoms with Crippen LogP contribution >= 0.6 is 0 Å². The van der Waals surface area contributed by atoms with Crippen LogP contribution in [0.4, 0.5) is 0 Å². The molecule has 2 atom stereocenters. The summed E-state index contributed by atoms with van der Waals surface area (Å²) in [4.78, 5) is 14.0. The van der Waals surface area contributed by atoms with Crippen molar-refractivity contribution >= 4 is 5.91 Å². The van der Waals surface area contributed by atoms with E-state index in [1.54, 1.807) is 0 Å². The molecule has 0 bridgehead atoms. The summed E-state index contributed by atoms with van der Waals surface area (Å²) >= 11 is 0. The van der Waals surface area contributed by atoms with Crippen LogP contribution in [0.1, 0.15) is 12.8 Å².